The Kier molecular flexibility index (Phi) is 4.12. The second kappa shape index (κ2) is 5.80. The van der Waals surface area contributed by atoms with Crippen LogP contribution in [0, 0.1) is 0 Å². The van der Waals surface area contributed by atoms with Gasteiger partial charge in [0, 0.05) is 24.3 Å². The van der Waals surface area contributed by atoms with E-state index in [0.717, 1.165) is 16.3 Å². The molecule has 0 saturated heterocycles. The number of carboxylic acids is 1. The molecular formula is C15H18N2O2. The molecule has 2 aromatic rings. The summed E-state index contributed by atoms with van der Waals surface area (Å²) in [6, 6.07) is 7.67. The first-order chi connectivity index (χ1) is 9.11. The van der Waals surface area contributed by atoms with Crippen LogP contribution in [0.1, 0.15) is 18.9 Å². The van der Waals surface area contributed by atoms with Crippen LogP contribution < -0.4 is 0 Å². The number of carbonyl (C=O) groups is 1. The van der Waals surface area contributed by atoms with Gasteiger partial charge in [0.15, 0.2) is 0 Å². The standard InChI is InChI=1S/C15H18N2O2/c1-3-14(15(18)19)17(2)10-11-4-5-12-6-7-16-9-13(12)8-11/h4-9,14H,3,10H2,1-2H3,(H,18,19)/t14-/m1/s1. The van der Waals surface area contributed by atoms with Crippen LogP contribution in [0.4, 0.5) is 0 Å². The van der Waals surface area contributed by atoms with Crippen LogP contribution in [0.25, 0.3) is 10.8 Å². The molecule has 0 aliphatic heterocycles. The van der Waals surface area contributed by atoms with Gasteiger partial charge in [-0.1, -0.05) is 19.1 Å². The van der Waals surface area contributed by atoms with E-state index < -0.39 is 12.0 Å². The highest BCUT2D eigenvalue weighted by atomic mass is 16.4. The van der Waals surface area contributed by atoms with Gasteiger partial charge in [-0.25, -0.2) is 0 Å². The zero-order valence-corrected chi connectivity index (χ0v) is 11.2. The lowest BCUT2D eigenvalue weighted by Gasteiger charge is -2.23. The maximum atomic E-state index is 11.1. The van der Waals surface area contributed by atoms with E-state index in [1.54, 1.807) is 6.20 Å². The monoisotopic (exact) mass is 258 g/mol. The molecule has 0 aliphatic rings. The Hall–Kier alpha value is -1.94. The molecule has 0 amide bonds. The first-order valence-corrected chi connectivity index (χ1v) is 6.37. The Labute approximate surface area is 112 Å². The Morgan fingerprint density at radius 1 is 1.37 bits per heavy atom. The molecule has 0 radical (unpaired) electrons. The van der Waals surface area contributed by atoms with E-state index in [9.17, 15) is 4.79 Å². The molecular weight excluding hydrogens is 240 g/mol. The molecule has 1 N–H and O–H groups in total. The summed E-state index contributed by atoms with van der Waals surface area (Å²) >= 11 is 0. The van der Waals surface area contributed by atoms with Crippen molar-refractivity contribution in [3.63, 3.8) is 0 Å². The van der Waals surface area contributed by atoms with Crippen LogP contribution >= 0.6 is 0 Å². The summed E-state index contributed by atoms with van der Waals surface area (Å²) in [5.74, 6) is -0.771. The number of rotatable bonds is 5. The van der Waals surface area contributed by atoms with Crippen molar-refractivity contribution < 1.29 is 9.90 Å². The maximum absolute atomic E-state index is 11.1. The molecule has 0 fully saturated rings. The van der Waals surface area contributed by atoms with Crippen molar-refractivity contribution in [3.8, 4) is 0 Å². The highest BCUT2D eigenvalue weighted by molar-refractivity contribution is 5.82. The van der Waals surface area contributed by atoms with Crippen molar-refractivity contribution in [2.24, 2.45) is 0 Å². The van der Waals surface area contributed by atoms with Gasteiger partial charge in [-0.15, -0.1) is 0 Å². The third-order valence-corrected chi connectivity index (χ3v) is 3.34. The van der Waals surface area contributed by atoms with Gasteiger partial charge in [0.25, 0.3) is 0 Å². The second-order valence-corrected chi connectivity index (χ2v) is 4.73. The largest absolute Gasteiger partial charge is 0.480 e. The molecule has 1 heterocycles. The molecule has 1 aromatic heterocycles. The molecule has 0 bridgehead atoms. The summed E-state index contributed by atoms with van der Waals surface area (Å²) in [7, 11) is 1.84. The van der Waals surface area contributed by atoms with E-state index in [0.29, 0.717) is 13.0 Å². The molecule has 0 unspecified atom stereocenters. The SMILES string of the molecule is CC[C@H](C(=O)O)N(C)Cc1ccc2ccncc2c1. The quantitative estimate of drug-likeness (QED) is 0.895. The Morgan fingerprint density at radius 2 is 2.16 bits per heavy atom. The number of nitrogens with zero attached hydrogens (tertiary/aromatic N) is 2. The summed E-state index contributed by atoms with van der Waals surface area (Å²) in [5.41, 5.74) is 1.10. The van der Waals surface area contributed by atoms with Crippen LogP contribution in [0.5, 0.6) is 0 Å². The van der Waals surface area contributed by atoms with Gasteiger partial charge in [-0.3, -0.25) is 14.7 Å². The normalized spacial score (nSPS) is 12.8. The van der Waals surface area contributed by atoms with E-state index >= 15 is 0 Å². The molecule has 4 nitrogen and oxygen atoms in total. The van der Waals surface area contributed by atoms with Crippen molar-refractivity contribution in [1.29, 1.82) is 0 Å². The molecule has 0 spiro atoms. The van der Waals surface area contributed by atoms with Crippen molar-refractivity contribution in [3.05, 3.63) is 42.2 Å². The van der Waals surface area contributed by atoms with Gasteiger partial charge in [0.1, 0.15) is 6.04 Å². The highest BCUT2D eigenvalue weighted by Crippen LogP contribution is 2.16. The molecule has 1 atom stereocenters. The van der Waals surface area contributed by atoms with Gasteiger partial charge in [-0.2, -0.15) is 0 Å². The van der Waals surface area contributed by atoms with Crippen LogP contribution in [0.2, 0.25) is 0 Å². The lowest BCUT2D eigenvalue weighted by molar-refractivity contribution is -0.143. The number of hydrogen-bond donors (Lipinski definition) is 1. The summed E-state index contributed by atoms with van der Waals surface area (Å²) < 4.78 is 0. The van der Waals surface area contributed by atoms with Crippen molar-refractivity contribution in [1.82, 2.24) is 9.88 Å². The Morgan fingerprint density at radius 3 is 2.84 bits per heavy atom. The minimum atomic E-state index is -0.771. The first-order valence-electron chi connectivity index (χ1n) is 6.37. The average Bonchev–Trinajstić information content (AvgIpc) is 2.39. The zero-order valence-electron chi connectivity index (χ0n) is 11.2. The topological polar surface area (TPSA) is 53.4 Å². The predicted molar refractivity (Wildman–Crippen MR) is 74.9 cm³/mol. The third-order valence-electron chi connectivity index (χ3n) is 3.34. The van der Waals surface area contributed by atoms with Gasteiger partial charge >= 0.3 is 5.97 Å². The fourth-order valence-electron chi connectivity index (χ4n) is 2.31. The van der Waals surface area contributed by atoms with E-state index in [2.05, 4.69) is 11.1 Å². The fourth-order valence-corrected chi connectivity index (χ4v) is 2.31. The van der Waals surface area contributed by atoms with Crippen molar-refractivity contribution in [2.45, 2.75) is 25.9 Å². The number of hydrogen-bond acceptors (Lipinski definition) is 3. The van der Waals surface area contributed by atoms with E-state index in [1.807, 2.05) is 43.3 Å². The van der Waals surface area contributed by atoms with Crippen molar-refractivity contribution in [2.75, 3.05) is 7.05 Å². The van der Waals surface area contributed by atoms with Crippen LogP contribution in [-0.2, 0) is 11.3 Å². The number of likely N-dealkylation sites (N-methyl/N-ethyl adjacent to an activating group) is 1. The summed E-state index contributed by atoms with van der Waals surface area (Å²) in [5, 5.41) is 11.4. The molecule has 4 heteroatoms. The van der Waals surface area contributed by atoms with Crippen molar-refractivity contribution >= 4 is 16.7 Å². The summed E-state index contributed by atoms with van der Waals surface area (Å²) in [6.45, 7) is 2.51. The van der Waals surface area contributed by atoms with Gasteiger partial charge in [0.2, 0.25) is 0 Å². The first kappa shape index (κ1) is 13.5. The van der Waals surface area contributed by atoms with E-state index in [-0.39, 0.29) is 0 Å². The lowest BCUT2D eigenvalue weighted by Crippen LogP contribution is -2.37. The number of pyridine rings is 1. The average molecular weight is 258 g/mol. The van der Waals surface area contributed by atoms with E-state index in [4.69, 9.17) is 5.11 Å². The minimum absolute atomic E-state index is 0.440. The van der Waals surface area contributed by atoms with Gasteiger partial charge in [-0.05, 0) is 36.6 Å². The molecule has 0 saturated carbocycles. The fraction of sp³-hybridized carbons (Fsp3) is 0.333. The number of aliphatic carboxylic acids is 1. The number of fused-ring (bicyclic) bond motifs is 1. The number of benzene rings is 1. The summed E-state index contributed by atoms with van der Waals surface area (Å²) in [4.78, 5) is 17.1. The summed E-state index contributed by atoms with van der Waals surface area (Å²) in [6.07, 6.45) is 4.19. The van der Waals surface area contributed by atoms with Crippen LogP contribution in [0.15, 0.2) is 36.7 Å². The molecule has 19 heavy (non-hydrogen) atoms. The Balaban J connectivity index is 2.18. The van der Waals surface area contributed by atoms with E-state index in [1.165, 1.54) is 0 Å². The molecule has 2 rings (SSSR count). The van der Waals surface area contributed by atoms with Crippen LogP contribution in [-0.4, -0.2) is 34.0 Å². The second-order valence-electron chi connectivity index (χ2n) is 4.73. The molecule has 100 valence electrons. The third kappa shape index (κ3) is 3.09. The van der Waals surface area contributed by atoms with Gasteiger partial charge < -0.3 is 5.11 Å². The molecule has 1 aromatic carbocycles. The smallest absolute Gasteiger partial charge is 0.320 e. The zero-order chi connectivity index (χ0) is 13.8. The number of aromatic nitrogens is 1. The predicted octanol–water partition coefficient (Wildman–Crippen LogP) is 2.53. The Bertz CT molecular complexity index is 583. The number of carboxylic acid groups (broad SMARTS) is 1. The van der Waals surface area contributed by atoms with Crippen LogP contribution in [0.3, 0.4) is 0 Å². The lowest BCUT2D eigenvalue weighted by atomic mass is 10.1. The van der Waals surface area contributed by atoms with Gasteiger partial charge in [0.05, 0.1) is 0 Å². The highest BCUT2D eigenvalue weighted by Gasteiger charge is 2.20. The molecule has 0 aliphatic carbocycles. The maximum Gasteiger partial charge on any atom is 0.320 e. The minimum Gasteiger partial charge on any atom is -0.480 e.